The number of amides is 1. The van der Waals surface area contributed by atoms with Gasteiger partial charge in [-0.2, -0.15) is 0 Å². The minimum Gasteiger partial charge on any atom is -0.371 e. The number of nitrogens with one attached hydrogen (secondary N) is 1. The van der Waals surface area contributed by atoms with E-state index in [9.17, 15) is 4.79 Å². The number of nitrogens with two attached hydrogens (primary N) is 1. The highest BCUT2D eigenvalue weighted by Gasteiger charge is 2.20. The van der Waals surface area contributed by atoms with Crippen molar-refractivity contribution in [3.8, 4) is 0 Å². The van der Waals surface area contributed by atoms with E-state index < -0.39 is 0 Å². The summed E-state index contributed by atoms with van der Waals surface area (Å²) >= 11 is 0. The number of rotatable bonds is 4. The van der Waals surface area contributed by atoms with E-state index in [1.54, 1.807) is 0 Å². The summed E-state index contributed by atoms with van der Waals surface area (Å²) in [4.78, 5) is 13.7. The monoisotopic (exact) mass is 261 g/mol. The molecule has 0 bridgehead atoms. The first-order chi connectivity index (χ1) is 9.11. The van der Waals surface area contributed by atoms with E-state index in [2.05, 4.69) is 16.3 Å². The van der Waals surface area contributed by atoms with Gasteiger partial charge < -0.3 is 16.0 Å². The fourth-order valence-corrected chi connectivity index (χ4v) is 2.88. The lowest BCUT2D eigenvalue weighted by molar-refractivity contribution is 0.0999. The first-order valence-electron chi connectivity index (χ1n) is 6.92. The Morgan fingerprint density at radius 1 is 1.53 bits per heavy atom. The predicted octanol–water partition coefficient (Wildman–Crippen LogP) is 1.53. The van der Waals surface area contributed by atoms with Crippen LogP contribution in [0.3, 0.4) is 0 Å². The van der Waals surface area contributed by atoms with Gasteiger partial charge in [0.1, 0.15) is 0 Å². The van der Waals surface area contributed by atoms with Gasteiger partial charge >= 0.3 is 0 Å². The van der Waals surface area contributed by atoms with Crippen LogP contribution in [-0.2, 0) is 0 Å². The summed E-state index contributed by atoms with van der Waals surface area (Å²) in [6.07, 6.45) is 2.51. The van der Waals surface area contributed by atoms with Crippen molar-refractivity contribution in [2.45, 2.75) is 19.8 Å². The van der Waals surface area contributed by atoms with E-state index in [4.69, 9.17) is 5.73 Å². The smallest absolute Gasteiger partial charge is 0.248 e. The molecule has 1 aromatic rings. The first-order valence-corrected chi connectivity index (χ1v) is 6.92. The van der Waals surface area contributed by atoms with Crippen molar-refractivity contribution in [3.05, 3.63) is 29.3 Å². The number of primary amides is 1. The molecule has 4 heteroatoms. The second kappa shape index (κ2) is 6.06. The maximum Gasteiger partial charge on any atom is 0.248 e. The zero-order chi connectivity index (χ0) is 13.8. The van der Waals surface area contributed by atoms with Gasteiger partial charge in [0.2, 0.25) is 5.91 Å². The van der Waals surface area contributed by atoms with Crippen molar-refractivity contribution in [2.75, 3.05) is 31.6 Å². The van der Waals surface area contributed by atoms with Crippen LogP contribution >= 0.6 is 0 Å². The fourth-order valence-electron chi connectivity index (χ4n) is 2.88. The molecule has 3 N–H and O–H groups in total. The molecule has 1 amide bonds. The molecule has 4 nitrogen and oxygen atoms in total. The topological polar surface area (TPSA) is 58.4 Å². The minimum absolute atomic E-state index is 0.351. The van der Waals surface area contributed by atoms with Crippen LogP contribution < -0.4 is 16.0 Å². The molecule has 0 aliphatic carbocycles. The van der Waals surface area contributed by atoms with Crippen LogP contribution in [0.15, 0.2) is 18.2 Å². The zero-order valence-corrected chi connectivity index (χ0v) is 11.8. The maximum absolute atomic E-state index is 11.2. The van der Waals surface area contributed by atoms with Crippen LogP contribution in [0.25, 0.3) is 0 Å². The average Bonchev–Trinajstić information content (AvgIpc) is 2.39. The van der Waals surface area contributed by atoms with Crippen molar-refractivity contribution in [2.24, 2.45) is 11.7 Å². The maximum atomic E-state index is 11.2. The summed E-state index contributed by atoms with van der Waals surface area (Å²) in [5.41, 5.74) is 8.12. The number of aryl methyl sites for hydroxylation is 1. The van der Waals surface area contributed by atoms with Crippen molar-refractivity contribution in [3.63, 3.8) is 0 Å². The van der Waals surface area contributed by atoms with Crippen molar-refractivity contribution < 1.29 is 4.79 Å². The SMILES string of the molecule is CNCC1CCCN(c2ccc(C(N)=O)c(C)c2)C1. The first kappa shape index (κ1) is 13.9. The molecule has 2 rings (SSSR count). The molecule has 1 atom stereocenters. The Hall–Kier alpha value is -1.55. The molecule has 0 aromatic heterocycles. The molecule has 1 fully saturated rings. The average molecular weight is 261 g/mol. The largest absolute Gasteiger partial charge is 0.371 e. The Bertz CT molecular complexity index is 457. The fraction of sp³-hybridized carbons (Fsp3) is 0.533. The summed E-state index contributed by atoms with van der Waals surface area (Å²) in [7, 11) is 2.00. The molecule has 1 aromatic carbocycles. The van der Waals surface area contributed by atoms with E-state index in [0.717, 1.165) is 25.2 Å². The number of hydrogen-bond acceptors (Lipinski definition) is 3. The Kier molecular flexibility index (Phi) is 4.43. The van der Waals surface area contributed by atoms with Gasteiger partial charge in [-0.3, -0.25) is 4.79 Å². The lowest BCUT2D eigenvalue weighted by atomic mass is 9.97. The van der Waals surface area contributed by atoms with Crippen molar-refractivity contribution in [1.29, 1.82) is 0 Å². The Morgan fingerprint density at radius 2 is 2.32 bits per heavy atom. The number of carbonyl (C=O) groups is 1. The molecule has 1 heterocycles. The number of carbonyl (C=O) groups excluding carboxylic acids is 1. The summed E-state index contributed by atoms with van der Waals surface area (Å²) in [5.74, 6) is 0.352. The molecular weight excluding hydrogens is 238 g/mol. The van der Waals surface area contributed by atoms with Crippen LogP contribution in [0.4, 0.5) is 5.69 Å². The van der Waals surface area contributed by atoms with E-state index >= 15 is 0 Å². The molecule has 1 saturated heterocycles. The highest BCUT2D eigenvalue weighted by Crippen LogP contribution is 2.24. The second-order valence-corrected chi connectivity index (χ2v) is 5.38. The molecule has 0 radical (unpaired) electrons. The molecule has 1 aliphatic heterocycles. The van der Waals surface area contributed by atoms with Gasteiger partial charge in [-0.25, -0.2) is 0 Å². The molecule has 1 aliphatic rings. The Labute approximate surface area is 115 Å². The van der Waals surface area contributed by atoms with Crippen LogP contribution in [0.5, 0.6) is 0 Å². The molecule has 19 heavy (non-hydrogen) atoms. The minimum atomic E-state index is -0.351. The van der Waals surface area contributed by atoms with Gasteiger partial charge in [0.05, 0.1) is 0 Å². The summed E-state index contributed by atoms with van der Waals surface area (Å²) in [6.45, 7) is 5.18. The summed E-state index contributed by atoms with van der Waals surface area (Å²) in [6, 6.07) is 5.92. The number of piperidine rings is 1. The van der Waals surface area contributed by atoms with E-state index in [1.807, 2.05) is 26.1 Å². The third-order valence-corrected chi connectivity index (χ3v) is 3.85. The predicted molar refractivity (Wildman–Crippen MR) is 78.6 cm³/mol. The second-order valence-electron chi connectivity index (χ2n) is 5.38. The van der Waals surface area contributed by atoms with Crippen LogP contribution in [0.1, 0.15) is 28.8 Å². The van der Waals surface area contributed by atoms with E-state index in [-0.39, 0.29) is 5.91 Å². The third-order valence-electron chi connectivity index (χ3n) is 3.85. The number of hydrogen-bond donors (Lipinski definition) is 2. The van der Waals surface area contributed by atoms with Crippen molar-refractivity contribution in [1.82, 2.24) is 5.32 Å². The van der Waals surface area contributed by atoms with Crippen LogP contribution in [0.2, 0.25) is 0 Å². The number of benzene rings is 1. The Morgan fingerprint density at radius 3 is 2.95 bits per heavy atom. The van der Waals surface area contributed by atoms with Gasteiger partial charge in [0, 0.05) is 24.3 Å². The molecular formula is C15H23N3O. The highest BCUT2D eigenvalue weighted by atomic mass is 16.1. The van der Waals surface area contributed by atoms with E-state index in [1.165, 1.54) is 18.5 Å². The molecule has 0 saturated carbocycles. The molecule has 0 spiro atoms. The number of anilines is 1. The van der Waals surface area contributed by atoms with Crippen molar-refractivity contribution >= 4 is 11.6 Å². The highest BCUT2D eigenvalue weighted by molar-refractivity contribution is 5.94. The van der Waals surface area contributed by atoms with Gasteiger partial charge in [0.15, 0.2) is 0 Å². The van der Waals surface area contributed by atoms with Gasteiger partial charge in [0.25, 0.3) is 0 Å². The lowest BCUT2D eigenvalue weighted by Crippen LogP contribution is -2.39. The molecule has 1 unspecified atom stereocenters. The van der Waals surface area contributed by atoms with E-state index in [0.29, 0.717) is 11.5 Å². The Balaban J connectivity index is 2.13. The van der Waals surface area contributed by atoms with Crippen LogP contribution in [0, 0.1) is 12.8 Å². The number of nitrogens with zero attached hydrogens (tertiary/aromatic N) is 1. The van der Waals surface area contributed by atoms with Crippen LogP contribution in [-0.4, -0.2) is 32.6 Å². The summed E-state index contributed by atoms with van der Waals surface area (Å²) < 4.78 is 0. The van der Waals surface area contributed by atoms with Gasteiger partial charge in [-0.15, -0.1) is 0 Å². The normalized spacial score (nSPS) is 19.5. The molecule has 104 valence electrons. The summed E-state index contributed by atoms with van der Waals surface area (Å²) in [5, 5.41) is 3.26. The standard InChI is InChI=1S/C15H23N3O/c1-11-8-13(5-6-14(11)15(16)19)18-7-3-4-12(10-18)9-17-2/h5-6,8,12,17H,3-4,7,9-10H2,1-2H3,(H2,16,19). The third kappa shape index (κ3) is 3.26. The van der Waals surface area contributed by atoms with Gasteiger partial charge in [-0.05, 0) is 63.0 Å². The zero-order valence-electron chi connectivity index (χ0n) is 11.8. The van der Waals surface area contributed by atoms with Gasteiger partial charge in [-0.1, -0.05) is 0 Å². The quantitative estimate of drug-likeness (QED) is 0.864. The lowest BCUT2D eigenvalue weighted by Gasteiger charge is -2.34.